The summed E-state index contributed by atoms with van der Waals surface area (Å²) in [6.07, 6.45) is 4.55. The van der Waals surface area contributed by atoms with Gasteiger partial charge in [-0.05, 0) is 49.3 Å². The molecule has 3 saturated heterocycles. The molecule has 0 aromatic heterocycles. The van der Waals surface area contributed by atoms with Crippen LogP contribution in [0.25, 0.3) is 0 Å². The van der Waals surface area contributed by atoms with Crippen molar-refractivity contribution >= 4 is 27.6 Å². The Bertz CT molecular complexity index is 830. The monoisotopic (exact) mass is 416 g/mol. The highest BCUT2D eigenvalue weighted by Gasteiger charge is 2.89. The molecule has 0 unspecified atom stereocenters. The lowest BCUT2D eigenvalue weighted by Crippen LogP contribution is -2.66. The van der Waals surface area contributed by atoms with Gasteiger partial charge in [-0.1, -0.05) is 41.1 Å². The normalized spacial score (nSPS) is 47.2. The Balaban J connectivity index is 1.67. The van der Waals surface area contributed by atoms with E-state index in [1.165, 1.54) is 30.6 Å². The number of hydrogen-bond acceptors (Lipinski definition) is 4. The van der Waals surface area contributed by atoms with Crippen LogP contribution in [0.4, 0.5) is 5.69 Å². The first kappa shape index (κ1) is 15.9. The van der Waals surface area contributed by atoms with E-state index in [0.717, 1.165) is 19.4 Å². The summed E-state index contributed by atoms with van der Waals surface area (Å²) in [5.74, 6) is -0.0219. The SMILES string of the molecule is CC[C@@]12CCCN3C[C@@H](Br)[C@@]4(c5ccccc5N5[C@H]4[C@@]5(C(=O)OC)C1)[C@@H]32. The van der Waals surface area contributed by atoms with E-state index in [4.69, 9.17) is 4.74 Å². The molecule has 1 aliphatic carbocycles. The van der Waals surface area contributed by atoms with Crippen molar-refractivity contribution in [3.8, 4) is 0 Å². The van der Waals surface area contributed by atoms with Crippen LogP contribution in [-0.4, -0.2) is 53.5 Å². The highest BCUT2D eigenvalue weighted by molar-refractivity contribution is 9.09. The first-order valence-electron chi connectivity index (χ1n) is 9.93. The summed E-state index contributed by atoms with van der Waals surface area (Å²) in [6.45, 7) is 4.61. The summed E-state index contributed by atoms with van der Waals surface area (Å²) >= 11 is 4.13. The Labute approximate surface area is 163 Å². The Morgan fingerprint density at radius 1 is 1.35 bits per heavy atom. The number of piperidine rings is 1. The number of rotatable bonds is 2. The van der Waals surface area contributed by atoms with Gasteiger partial charge in [0.15, 0.2) is 5.54 Å². The van der Waals surface area contributed by atoms with Crippen molar-refractivity contribution in [3.05, 3.63) is 29.8 Å². The van der Waals surface area contributed by atoms with Crippen molar-refractivity contribution in [1.29, 1.82) is 0 Å². The Hall–Kier alpha value is -1.07. The number of carbonyl (C=O) groups excluding carboxylic acids is 1. The van der Waals surface area contributed by atoms with E-state index >= 15 is 0 Å². The second-order valence-electron chi connectivity index (χ2n) is 9.00. The smallest absolute Gasteiger partial charge is 0.333 e. The van der Waals surface area contributed by atoms with Crippen LogP contribution in [0.5, 0.6) is 0 Å². The summed E-state index contributed by atoms with van der Waals surface area (Å²) in [5, 5.41) is 0. The predicted molar refractivity (Wildman–Crippen MR) is 104 cm³/mol. The van der Waals surface area contributed by atoms with Gasteiger partial charge in [-0.3, -0.25) is 4.90 Å². The summed E-state index contributed by atoms with van der Waals surface area (Å²) in [4.78, 5) is 18.7. The maximum absolute atomic E-state index is 13.1. The van der Waals surface area contributed by atoms with Crippen LogP contribution in [-0.2, 0) is 14.9 Å². The van der Waals surface area contributed by atoms with Crippen LogP contribution in [0.2, 0.25) is 0 Å². The minimum absolute atomic E-state index is 0.000532. The molecule has 0 N–H and O–H groups in total. The van der Waals surface area contributed by atoms with Gasteiger partial charge in [-0.25, -0.2) is 4.79 Å². The van der Waals surface area contributed by atoms with Gasteiger partial charge < -0.3 is 9.64 Å². The minimum atomic E-state index is -0.449. The largest absolute Gasteiger partial charge is 0.467 e. The lowest BCUT2D eigenvalue weighted by atomic mass is 9.50. The van der Waals surface area contributed by atoms with E-state index < -0.39 is 5.54 Å². The summed E-state index contributed by atoms with van der Waals surface area (Å²) in [5.41, 5.74) is 2.48. The number of alkyl halides is 1. The van der Waals surface area contributed by atoms with Crippen LogP contribution in [0.1, 0.15) is 38.2 Å². The molecule has 0 bridgehead atoms. The maximum atomic E-state index is 13.1. The zero-order valence-corrected chi connectivity index (χ0v) is 17.0. The van der Waals surface area contributed by atoms with Crippen molar-refractivity contribution < 1.29 is 9.53 Å². The quantitative estimate of drug-likeness (QED) is 0.421. The molecule has 0 radical (unpaired) electrons. The highest BCUT2D eigenvalue weighted by Crippen LogP contribution is 2.77. The summed E-state index contributed by atoms with van der Waals surface area (Å²) in [7, 11) is 1.56. The number of hydrogen-bond donors (Lipinski definition) is 0. The van der Waals surface area contributed by atoms with E-state index in [1.807, 2.05) is 0 Å². The summed E-state index contributed by atoms with van der Waals surface area (Å²) in [6, 6.07) is 9.59. The number of halogens is 1. The molecular weight excluding hydrogens is 392 g/mol. The Morgan fingerprint density at radius 2 is 2.15 bits per heavy atom. The van der Waals surface area contributed by atoms with Crippen LogP contribution >= 0.6 is 15.9 Å². The molecule has 138 valence electrons. The Kier molecular flexibility index (Phi) is 2.86. The molecule has 4 nitrogen and oxygen atoms in total. The molecule has 6 atom stereocenters. The van der Waals surface area contributed by atoms with Gasteiger partial charge in [0.25, 0.3) is 0 Å². The van der Waals surface area contributed by atoms with E-state index in [1.54, 1.807) is 7.11 Å². The molecule has 4 heterocycles. The number of fused-ring (bicyclic) bond motifs is 3. The fraction of sp³-hybridized carbons (Fsp3) is 0.667. The van der Waals surface area contributed by atoms with Crippen LogP contribution < -0.4 is 4.90 Å². The molecule has 4 aliphatic heterocycles. The molecule has 5 heteroatoms. The first-order valence-corrected chi connectivity index (χ1v) is 10.8. The lowest BCUT2D eigenvalue weighted by Gasteiger charge is -2.57. The number of benzene rings is 1. The third-order valence-electron chi connectivity index (χ3n) is 8.45. The minimum Gasteiger partial charge on any atom is -0.467 e. The molecule has 4 fully saturated rings. The third kappa shape index (κ3) is 1.36. The van der Waals surface area contributed by atoms with E-state index in [-0.39, 0.29) is 22.8 Å². The number of nitrogens with zero attached hydrogens (tertiary/aromatic N) is 2. The van der Waals surface area contributed by atoms with Gasteiger partial charge in [0, 0.05) is 23.1 Å². The number of anilines is 1. The van der Waals surface area contributed by atoms with E-state index in [0.29, 0.717) is 10.9 Å². The van der Waals surface area contributed by atoms with Crippen LogP contribution in [0.3, 0.4) is 0 Å². The van der Waals surface area contributed by atoms with Gasteiger partial charge in [0.05, 0.1) is 18.6 Å². The van der Waals surface area contributed by atoms with Gasteiger partial charge in [0.2, 0.25) is 0 Å². The third-order valence-corrected chi connectivity index (χ3v) is 9.50. The fourth-order valence-corrected chi connectivity index (χ4v) is 8.93. The molecule has 1 spiro atoms. The summed E-state index contributed by atoms with van der Waals surface area (Å²) < 4.78 is 5.40. The zero-order chi connectivity index (χ0) is 17.9. The number of methoxy groups -OCH3 is 1. The van der Waals surface area contributed by atoms with Crippen molar-refractivity contribution in [2.75, 3.05) is 25.1 Å². The molecular formula is C21H25BrN2O2. The maximum Gasteiger partial charge on any atom is 0.333 e. The lowest BCUT2D eigenvalue weighted by molar-refractivity contribution is -0.148. The standard InChI is InChI=1S/C21H25BrN2O2/c1-3-19-9-6-10-23-11-15(22)21(16(19)23)13-7-4-5-8-14(13)24-17(21)20(24,12-19)18(25)26-2/h4-5,7-8,15-17H,3,6,9-12H2,1-2H3/t15-,16+,17+,19-,20-,21+,24?/m1/s1. The molecule has 26 heavy (non-hydrogen) atoms. The van der Waals surface area contributed by atoms with Gasteiger partial charge >= 0.3 is 5.97 Å². The average molecular weight is 417 g/mol. The highest BCUT2D eigenvalue weighted by atomic mass is 79.9. The van der Waals surface area contributed by atoms with E-state index in [9.17, 15) is 4.79 Å². The van der Waals surface area contributed by atoms with E-state index in [2.05, 4.69) is 56.9 Å². The molecule has 1 aromatic carbocycles. The van der Waals surface area contributed by atoms with Crippen molar-refractivity contribution in [1.82, 2.24) is 4.90 Å². The molecule has 6 rings (SSSR count). The van der Waals surface area contributed by atoms with Crippen LogP contribution in [0, 0.1) is 5.41 Å². The van der Waals surface area contributed by atoms with Crippen molar-refractivity contribution in [2.24, 2.45) is 5.41 Å². The topological polar surface area (TPSA) is 32.5 Å². The molecule has 0 amide bonds. The van der Waals surface area contributed by atoms with Crippen LogP contribution in [0.15, 0.2) is 24.3 Å². The number of esters is 1. The Morgan fingerprint density at radius 3 is 2.92 bits per heavy atom. The predicted octanol–water partition coefficient (Wildman–Crippen LogP) is 3.08. The van der Waals surface area contributed by atoms with Crippen molar-refractivity contribution in [2.45, 2.75) is 60.5 Å². The van der Waals surface area contributed by atoms with Gasteiger partial charge in [-0.2, -0.15) is 0 Å². The number of ether oxygens (including phenoxy) is 1. The first-order chi connectivity index (χ1) is 12.6. The zero-order valence-electron chi connectivity index (χ0n) is 15.4. The molecule has 5 aliphatic rings. The van der Waals surface area contributed by atoms with Gasteiger partial charge in [0.1, 0.15) is 0 Å². The average Bonchev–Trinajstić information content (AvgIpc) is 3.09. The second-order valence-corrected chi connectivity index (χ2v) is 10.1. The van der Waals surface area contributed by atoms with Gasteiger partial charge in [-0.15, -0.1) is 0 Å². The number of carbonyl (C=O) groups is 1. The second kappa shape index (κ2) is 4.67. The van der Waals surface area contributed by atoms with Crippen molar-refractivity contribution in [3.63, 3.8) is 0 Å². The molecule has 1 saturated carbocycles. The molecule has 1 aromatic rings. The fourth-order valence-electron chi connectivity index (χ4n) is 7.81. The number of para-hydroxylation sites is 1.